The molecule has 6 nitrogen and oxygen atoms in total. The van der Waals surface area contributed by atoms with Gasteiger partial charge in [-0.25, -0.2) is 4.98 Å². The molecule has 1 aliphatic carbocycles. The van der Waals surface area contributed by atoms with E-state index < -0.39 is 0 Å². The lowest BCUT2D eigenvalue weighted by Crippen LogP contribution is -2.25. The number of halogens is 1. The number of aliphatic hydroxyl groups excluding tert-OH is 1. The van der Waals surface area contributed by atoms with Crippen molar-refractivity contribution in [3.05, 3.63) is 11.6 Å². The lowest BCUT2D eigenvalue weighted by atomic mass is 10.00. The van der Waals surface area contributed by atoms with Crippen molar-refractivity contribution < 1.29 is 5.11 Å². The molecule has 0 amide bonds. The second kappa shape index (κ2) is 4.05. The summed E-state index contributed by atoms with van der Waals surface area (Å²) in [5.41, 5.74) is 1.41. The highest BCUT2D eigenvalue weighted by molar-refractivity contribution is 6.28. The molecule has 0 bridgehead atoms. The Morgan fingerprint density at radius 2 is 2.21 bits per heavy atom. The smallest absolute Gasteiger partial charge is 0.226 e. The van der Waals surface area contributed by atoms with Gasteiger partial charge in [-0.15, -0.1) is 0 Å². The van der Waals surface area contributed by atoms with Crippen LogP contribution >= 0.6 is 11.6 Å². The van der Waals surface area contributed by atoms with Crippen LogP contribution in [-0.2, 0) is 0 Å². The summed E-state index contributed by atoms with van der Waals surface area (Å²) in [4.78, 5) is 17.8. The van der Waals surface area contributed by atoms with Crippen LogP contribution in [0, 0.1) is 11.8 Å². The Bertz CT molecular complexity index is 630. The summed E-state index contributed by atoms with van der Waals surface area (Å²) >= 11 is 5.96. The van der Waals surface area contributed by atoms with Gasteiger partial charge in [0.15, 0.2) is 11.5 Å². The molecule has 1 saturated carbocycles. The molecule has 1 saturated heterocycles. The number of imidazole rings is 1. The average molecular weight is 280 g/mol. The Labute approximate surface area is 114 Å². The summed E-state index contributed by atoms with van der Waals surface area (Å²) in [7, 11) is 0. The monoisotopic (exact) mass is 279 g/mol. The summed E-state index contributed by atoms with van der Waals surface area (Å²) < 4.78 is 0. The van der Waals surface area contributed by atoms with Gasteiger partial charge < -0.3 is 15.0 Å². The summed E-state index contributed by atoms with van der Waals surface area (Å²) in [5, 5.41) is 10.2. The molecule has 3 unspecified atom stereocenters. The summed E-state index contributed by atoms with van der Waals surface area (Å²) in [6, 6.07) is 0. The molecule has 0 radical (unpaired) electrons. The number of hydrogen-bond donors (Lipinski definition) is 2. The lowest BCUT2D eigenvalue weighted by molar-refractivity contribution is 0.133. The number of nitrogens with zero attached hydrogens (tertiary/aromatic N) is 4. The molecule has 7 heteroatoms. The number of rotatable bonds is 1. The van der Waals surface area contributed by atoms with Crippen LogP contribution in [-0.4, -0.2) is 44.2 Å². The standard InChI is InChI=1S/C12H14ClN5O/c13-12-16-10-9(14-5-15-10)11(17-12)18-3-6-1-2-8(19)7(6)4-18/h5-8,19H,1-4H2,(H,14,15,16,17). The maximum Gasteiger partial charge on any atom is 0.226 e. The molecule has 100 valence electrons. The number of fused-ring (bicyclic) bond motifs is 2. The van der Waals surface area contributed by atoms with Gasteiger partial charge in [0.05, 0.1) is 12.4 Å². The zero-order valence-corrected chi connectivity index (χ0v) is 11.0. The van der Waals surface area contributed by atoms with E-state index in [0.717, 1.165) is 37.3 Å². The number of hydrogen-bond acceptors (Lipinski definition) is 5. The highest BCUT2D eigenvalue weighted by Gasteiger charge is 2.42. The largest absolute Gasteiger partial charge is 0.393 e. The van der Waals surface area contributed by atoms with E-state index in [-0.39, 0.29) is 11.4 Å². The Morgan fingerprint density at radius 3 is 3.05 bits per heavy atom. The molecule has 2 fully saturated rings. The summed E-state index contributed by atoms with van der Waals surface area (Å²) in [6.07, 6.45) is 3.44. The van der Waals surface area contributed by atoms with Crippen molar-refractivity contribution in [2.75, 3.05) is 18.0 Å². The predicted octanol–water partition coefficient (Wildman–Crippen LogP) is 1.21. The van der Waals surface area contributed by atoms with E-state index in [2.05, 4.69) is 24.8 Å². The molecule has 0 spiro atoms. The van der Waals surface area contributed by atoms with E-state index >= 15 is 0 Å². The number of aromatic amines is 1. The number of nitrogens with one attached hydrogen (secondary N) is 1. The summed E-state index contributed by atoms with van der Waals surface area (Å²) in [6.45, 7) is 1.75. The topological polar surface area (TPSA) is 77.9 Å². The van der Waals surface area contributed by atoms with Crippen molar-refractivity contribution in [2.24, 2.45) is 11.8 Å². The minimum atomic E-state index is -0.176. The van der Waals surface area contributed by atoms with Crippen LogP contribution in [0.25, 0.3) is 11.2 Å². The van der Waals surface area contributed by atoms with E-state index in [1.807, 2.05) is 0 Å². The highest BCUT2D eigenvalue weighted by atomic mass is 35.5. The maximum absolute atomic E-state index is 9.99. The van der Waals surface area contributed by atoms with E-state index in [4.69, 9.17) is 11.6 Å². The third kappa shape index (κ3) is 1.70. The third-order valence-corrected chi connectivity index (χ3v) is 4.53. The van der Waals surface area contributed by atoms with Crippen molar-refractivity contribution in [3.63, 3.8) is 0 Å². The van der Waals surface area contributed by atoms with Crippen LogP contribution in [0.3, 0.4) is 0 Å². The second-order valence-corrected chi connectivity index (χ2v) is 5.73. The van der Waals surface area contributed by atoms with Crippen LogP contribution < -0.4 is 4.90 Å². The maximum atomic E-state index is 9.99. The molecule has 3 heterocycles. The van der Waals surface area contributed by atoms with Crippen LogP contribution in [0.15, 0.2) is 6.33 Å². The van der Waals surface area contributed by atoms with Gasteiger partial charge in [0.25, 0.3) is 0 Å². The van der Waals surface area contributed by atoms with Crippen molar-refractivity contribution in [2.45, 2.75) is 18.9 Å². The van der Waals surface area contributed by atoms with Gasteiger partial charge in [-0.2, -0.15) is 9.97 Å². The first-order valence-corrected chi connectivity index (χ1v) is 6.90. The third-order valence-electron chi connectivity index (χ3n) is 4.36. The van der Waals surface area contributed by atoms with Crippen molar-refractivity contribution in [3.8, 4) is 0 Å². The molecule has 3 atom stereocenters. The number of anilines is 1. The molecular weight excluding hydrogens is 266 g/mol. The number of aromatic nitrogens is 4. The molecule has 19 heavy (non-hydrogen) atoms. The molecule has 0 aromatic carbocycles. The van der Waals surface area contributed by atoms with E-state index in [1.54, 1.807) is 6.33 Å². The highest BCUT2D eigenvalue weighted by Crippen LogP contribution is 2.40. The van der Waals surface area contributed by atoms with Gasteiger partial charge in [0, 0.05) is 19.0 Å². The van der Waals surface area contributed by atoms with Crippen LogP contribution in [0.2, 0.25) is 5.28 Å². The quantitative estimate of drug-likeness (QED) is 0.767. The number of H-pyrrole nitrogens is 1. The minimum absolute atomic E-state index is 0.176. The Balaban J connectivity index is 1.74. The minimum Gasteiger partial charge on any atom is -0.393 e. The fourth-order valence-electron chi connectivity index (χ4n) is 3.43. The molecule has 2 aliphatic rings. The van der Waals surface area contributed by atoms with E-state index in [9.17, 15) is 5.11 Å². The molecule has 4 rings (SSSR count). The van der Waals surface area contributed by atoms with E-state index in [1.165, 1.54) is 0 Å². The van der Waals surface area contributed by atoms with Gasteiger partial charge >= 0.3 is 0 Å². The first-order valence-electron chi connectivity index (χ1n) is 6.52. The van der Waals surface area contributed by atoms with Crippen LogP contribution in [0.1, 0.15) is 12.8 Å². The van der Waals surface area contributed by atoms with Crippen molar-refractivity contribution in [1.82, 2.24) is 19.9 Å². The van der Waals surface area contributed by atoms with Crippen LogP contribution in [0.4, 0.5) is 5.82 Å². The molecule has 1 aliphatic heterocycles. The number of aliphatic hydroxyl groups is 1. The Morgan fingerprint density at radius 1 is 1.32 bits per heavy atom. The summed E-state index contributed by atoms with van der Waals surface area (Å²) in [5.74, 6) is 1.71. The van der Waals surface area contributed by atoms with Gasteiger partial charge in [-0.05, 0) is 30.4 Å². The molecular formula is C12H14ClN5O. The SMILES string of the molecule is OC1CCC2CN(c3nc(Cl)nc4nc[nH]c34)CC12. The lowest BCUT2D eigenvalue weighted by Gasteiger charge is -2.19. The fourth-order valence-corrected chi connectivity index (χ4v) is 3.59. The van der Waals surface area contributed by atoms with Gasteiger partial charge in [0.1, 0.15) is 5.52 Å². The first-order chi connectivity index (χ1) is 9.22. The van der Waals surface area contributed by atoms with Gasteiger partial charge in [-0.1, -0.05) is 0 Å². The van der Waals surface area contributed by atoms with Crippen LogP contribution in [0.5, 0.6) is 0 Å². The Kier molecular flexibility index (Phi) is 2.43. The van der Waals surface area contributed by atoms with Gasteiger partial charge in [-0.3, -0.25) is 0 Å². The van der Waals surface area contributed by atoms with Crippen molar-refractivity contribution >= 4 is 28.6 Å². The fraction of sp³-hybridized carbons (Fsp3) is 0.583. The second-order valence-electron chi connectivity index (χ2n) is 5.39. The first kappa shape index (κ1) is 11.4. The predicted molar refractivity (Wildman–Crippen MR) is 71.1 cm³/mol. The average Bonchev–Trinajstić information content (AvgIpc) is 3.05. The Hall–Kier alpha value is -1.40. The zero-order chi connectivity index (χ0) is 13.0. The van der Waals surface area contributed by atoms with Crippen molar-refractivity contribution in [1.29, 1.82) is 0 Å². The molecule has 2 N–H and O–H groups in total. The zero-order valence-electron chi connectivity index (χ0n) is 10.3. The van der Waals surface area contributed by atoms with E-state index in [0.29, 0.717) is 17.5 Å². The van der Waals surface area contributed by atoms with Gasteiger partial charge in [0.2, 0.25) is 5.28 Å². The molecule has 2 aromatic rings. The molecule has 2 aromatic heterocycles. The normalized spacial score (nSPS) is 30.2.